The monoisotopic (exact) mass is 692 g/mol. The van der Waals surface area contributed by atoms with Gasteiger partial charge in [0.15, 0.2) is 0 Å². The molecule has 1 unspecified atom stereocenters. The van der Waals surface area contributed by atoms with Gasteiger partial charge in [-0.3, -0.25) is 4.57 Å². The summed E-state index contributed by atoms with van der Waals surface area (Å²) in [6.07, 6.45) is 6.63. The van der Waals surface area contributed by atoms with Crippen LogP contribution >= 0.6 is 0 Å². The van der Waals surface area contributed by atoms with E-state index >= 15 is 0 Å². The first-order valence-corrected chi connectivity index (χ1v) is 19.3. The molecule has 0 N–H and O–H groups in total. The van der Waals surface area contributed by atoms with Gasteiger partial charge >= 0.3 is 0 Å². The van der Waals surface area contributed by atoms with E-state index in [0.29, 0.717) is 29.6 Å². The molecule has 3 heterocycles. The lowest BCUT2D eigenvalue weighted by atomic mass is 9.71. The van der Waals surface area contributed by atoms with Crippen LogP contribution < -0.4 is 4.74 Å². The standard InChI is InChI=1S/C47H56N4O/c1-28(2)20-34-18-19-48-43(23-34)50-41-15-13-12-14-39(41)40-17-16-37(27-42(40)50)52-38-25-35(47(9,10)11)24-36(26-38)51-46(29(3)4)45(33(8)49-51)44-31(6)21-30(5)22-32(44)7/h12-19,21,23-30,32,44H,20,22H2,1-11H3/t30-,32-,44?/m0/s1. The second kappa shape index (κ2) is 13.7. The maximum absolute atomic E-state index is 6.86. The molecule has 7 rings (SSSR count). The average Bonchev–Trinajstić information content (AvgIpc) is 3.58. The lowest BCUT2D eigenvalue weighted by Crippen LogP contribution is -2.21. The van der Waals surface area contributed by atoms with Gasteiger partial charge in [0.05, 0.1) is 28.1 Å². The van der Waals surface area contributed by atoms with Crippen LogP contribution in [0.3, 0.4) is 0 Å². The summed E-state index contributed by atoms with van der Waals surface area (Å²) in [5, 5.41) is 7.68. The maximum Gasteiger partial charge on any atom is 0.137 e. The average molecular weight is 693 g/mol. The Kier molecular flexibility index (Phi) is 9.44. The van der Waals surface area contributed by atoms with Gasteiger partial charge in [-0.25, -0.2) is 9.67 Å². The minimum atomic E-state index is -0.0897. The Hall–Kier alpha value is -4.64. The predicted molar refractivity (Wildman–Crippen MR) is 218 cm³/mol. The number of nitrogens with zero attached hydrogens (tertiary/aromatic N) is 4. The number of ether oxygens (including phenoxy) is 1. The summed E-state index contributed by atoms with van der Waals surface area (Å²) in [6.45, 7) is 25.2. The third-order valence-electron chi connectivity index (χ3n) is 10.9. The van der Waals surface area contributed by atoms with Gasteiger partial charge in [-0.1, -0.05) is 92.2 Å². The van der Waals surface area contributed by atoms with Crippen molar-refractivity contribution in [3.05, 3.63) is 119 Å². The number of aryl methyl sites for hydroxylation is 1. The van der Waals surface area contributed by atoms with Crippen LogP contribution in [0.15, 0.2) is 90.6 Å². The van der Waals surface area contributed by atoms with E-state index in [1.165, 1.54) is 45.2 Å². The molecule has 0 spiro atoms. The van der Waals surface area contributed by atoms with Gasteiger partial charge in [-0.2, -0.15) is 5.10 Å². The van der Waals surface area contributed by atoms with Crippen LogP contribution in [0.1, 0.15) is 116 Å². The summed E-state index contributed by atoms with van der Waals surface area (Å²) in [4.78, 5) is 4.87. The van der Waals surface area contributed by atoms with Gasteiger partial charge in [0.25, 0.3) is 0 Å². The van der Waals surface area contributed by atoms with Crippen molar-refractivity contribution in [3.63, 3.8) is 0 Å². The van der Waals surface area contributed by atoms with Crippen LogP contribution in [0.25, 0.3) is 33.3 Å². The molecule has 0 saturated carbocycles. The molecule has 0 saturated heterocycles. The Bertz CT molecular complexity index is 2290. The molecule has 3 aromatic heterocycles. The summed E-state index contributed by atoms with van der Waals surface area (Å²) in [5.74, 6) is 4.94. The van der Waals surface area contributed by atoms with Crippen molar-refractivity contribution in [2.24, 2.45) is 17.8 Å². The third kappa shape index (κ3) is 6.71. The zero-order chi connectivity index (χ0) is 37.1. The number of hydrogen-bond donors (Lipinski definition) is 0. The van der Waals surface area contributed by atoms with Crippen molar-refractivity contribution in [3.8, 4) is 23.0 Å². The molecular weight excluding hydrogens is 637 g/mol. The number of para-hydroxylation sites is 1. The van der Waals surface area contributed by atoms with Crippen LogP contribution in [0.5, 0.6) is 11.5 Å². The Morgan fingerprint density at radius 1 is 0.846 bits per heavy atom. The quantitative estimate of drug-likeness (QED) is 0.149. The number of fused-ring (bicyclic) bond motifs is 3. The summed E-state index contributed by atoms with van der Waals surface area (Å²) in [6, 6.07) is 26.1. The number of hydrogen-bond acceptors (Lipinski definition) is 3. The largest absolute Gasteiger partial charge is 0.457 e. The second-order valence-corrected chi connectivity index (χ2v) is 17.2. The molecule has 0 radical (unpaired) electrons. The highest BCUT2D eigenvalue weighted by Crippen LogP contribution is 2.45. The summed E-state index contributed by atoms with van der Waals surface area (Å²) < 4.78 is 11.4. The van der Waals surface area contributed by atoms with E-state index in [-0.39, 0.29) is 5.41 Å². The van der Waals surface area contributed by atoms with Crippen molar-refractivity contribution in [1.29, 1.82) is 0 Å². The molecule has 5 heteroatoms. The van der Waals surface area contributed by atoms with Crippen molar-refractivity contribution in [1.82, 2.24) is 19.3 Å². The molecule has 1 aliphatic rings. The van der Waals surface area contributed by atoms with Crippen molar-refractivity contribution in [2.45, 2.75) is 106 Å². The first-order chi connectivity index (χ1) is 24.7. The molecule has 270 valence electrons. The lowest BCUT2D eigenvalue weighted by Gasteiger charge is -2.33. The van der Waals surface area contributed by atoms with Crippen LogP contribution in [0.4, 0.5) is 0 Å². The number of pyridine rings is 1. The van der Waals surface area contributed by atoms with Crippen molar-refractivity contribution < 1.29 is 4.74 Å². The number of benzene rings is 3. The Labute approximate surface area is 310 Å². The van der Waals surface area contributed by atoms with Crippen molar-refractivity contribution in [2.75, 3.05) is 0 Å². The zero-order valence-electron chi connectivity index (χ0n) is 33.1. The van der Waals surface area contributed by atoms with Gasteiger partial charge in [-0.15, -0.1) is 0 Å². The fourth-order valence-electron chi connectivity index (χ4n) is 8.77. The van der Waals surface area contributed by atoms with Gasteiger partial charge < -0.3 is 4.74 Å². The van der Waals surface area contributed by atoms with E-state index in [0.717, 1.165) is 46.2 Å². The Balaban J connectivity index is 1.35. The first kappa shape index (κ1) is 35.7. The summed E-state index contributed by atoms with van der Waals surface area (Å²) >= 11 is 0. The van der Waals surface area contributed by atoms with Gasteiger partial charge in [0.1, 0.15) is 17.3 Å². The molecule has 0 amide bonds. The minimum absolute atomic E-state index is 0.0897. The molecule has 3 atom stereocenters. The van der Waals surface area contributed by atoms with Crippen molar-refractivity contribution >= 4 is 21.8 Å². The molecule has 0 bridgehead atoms. The molecular formula is C47H56N4O. The highest BCUT2D eigenvalue weighted by Gasteiger charge is 2.33. The van der Waals surface area contributed by atoms with Crippen LogP contribution in [-0.2, 0) is 11.8 Å². The molecule has 6 aromatic rings. The topological polar surface area (TPSA) is 44.9 Å². The van der Waals surface area contributed by atoms with E-state index < -0.39 is 0 Å². The maximum atomic E-state index is 6.86. The minimum Gasteiger partial charge on any atom is -0.457 e. The van der Waals surface area contributed by atoms with E-state index in [9.17, 15) is 0 Å². The van der Waals surface area contributed by atoms with E-state index in [2.05, 4.69) is 164 Å². The second-order valence-electron chi connectivity index (χ2n) is 17.2. The number of rotatable bonds is 8. The summed E-state index contributed by atoms with van der Waals surface area (Å²) in [7, 11) is 0. The van der Waals surface area contributed by atoms with Crippen LogP contribution in [-0.4, -0.2) is 19.3 Å². The lowest BCUT2D eigenvalue weighted by molar-refractivity contribution is 0.389. The van der Waals surface area contributed by atoms with Crippen LogP contribution in [0, 0.1) is 24.7 Å². The molecule has 52 heavy (non-hydrogen) atoms. The first-order valence-electron chi connectivity index (χ1n) is 19.3. The van der Waals surface area contributed by atoms with Gasteiger partial charge in [0.2, 0.25) is 0 Å². The molecule has 0 aliphatic heterocycles. The van der Waals surface area contributed by atoms with E-state index in [1.807, 2.05) is 6.20 Å². The van der Waals surface area contributed by atoms with Crippen LogP contribution in [0.2, 0.25) is 0 Å². The molecule has 0 fully saturated rings. The SMILES string of the molecule is CC1=C[C@H](C)C[C@H](C)C1c1c(C)nn(-c2cc(Oc3ccc4c5ccccc5n(-c5cc(CC(C)C)ccn5)c4c3)cc(C(C)(C)C)c2)c1C(C)C. The predicted octanol–water partition coefficient (Wildman–Crippen LogP) is 12.8. The Morgan fingerprint density at radius 2 is 1.60 bits per heavy atom. The highest BCUT2D eigenvalue weighted by atomic mass is 16.5. The third-order valence-corrected chi connectivity index (χ3v) is 10.9. The number of aromatic nitrogens is 4. The molecule has 3 aromatic carbocycles. The zero-order valence-corrected chi connectivity index (χ0v) is 33.1. The fourth-order valence-corrected chi connectivity index (χ4v) is 8.77. The van der Waals surface area contributed by atoms with Gasteiger partial charge in [0, 0.05) is 40.6 Å². The normalized spacial score (nSPS) is 18.2. The highest BCUT2D eigenvalue weighted by molar-refractivity contribution is 6.09. The van der Waals surface area contributed by atoms with Gasteiger partial charge in [-0.05, 0) is 109 Å². The number of allylic oxidation sites excluding steroid dienone is 2. The van der Waals surface area contributed by atoms with E-state index in [1.54, 1.807) is 0 Å². The van der Waals surface area contributed by atoms with E-state index in [4.69, 9.17) is 14.8 Å². The fraction of sp³-hybridized carbons (Fsp3) is 0.404. The molecule has 5 nitrogen and oxygen atoms in total. The summed E-state index contributed by atoms with van der Waals surface area (Å²) in [5.41, 5.74) is 11.0. The Morgan fingerprint density at radius 3 is 2.31 bits per heavy atom. The smallest absolute Gasteiger partial charge is 0.137 e. The molecule has 1 aliphatic carbocycles.